The first-order valence-electron chi connectivity index (χ1n) is 13.2. The minimum absolute atomic E-state index is 0.0244. The highest BCUT2D eigenvalue weighted by Gasteiger charge is 2.54. The molecule has 7 rings (SSSR count). The number of anilines is 1. The second kappa shape index (κ2) is 11.8. The van der Waals surface area contributed by atoms with Gasteiger partial charge in [0, 0.05) is 0 Å². The molecule has 3 aliphatic rings. The molecule has 3 aromatic heterocycles. The van der Waals surface area contributed by atoms with Crippen LogP contribution in [0, 0.1) is 0 Å². The molecule has 4 bridgehead atoms. The second-order valence-corrected chi connectivity index (χ2v) is 14.3. The average molecular weight is 745 g/mol. The van der Waals surface area contributed by atoms with E-state index in [9.17, 15) is 29.1 Å². The molecule has 0 saturated carbocycles. The minimum atomic E-state index is -5.09. The molecule has 6 heterocycles. The van der Waals surface area contributed by atoms with Crippen LogP contribution < -0.4 is 5.73 Å². The van der Waals surface area contributed by atoms with Crippen molar-refractivity contribution in [3.8, 4) is 0 Å². The highest BCUT2D eigenvalue weighted by molar-refractivity contribution is 7.47. The molecule has 6 N–H and O–H groups in total. The Balaban J connectivity index is 1.23. The first-order valence-corrected chi connectivity index (χ1v) is 17.3. The summed E-state index contributed by atoms with van der Waals surface area (Å²) >= 11 is 18.7. The Morgan fingerprint density at radius 3 is 2.11 bits per heavy atom. The third kappa shape index (κ3) is 5.72. The first-order chi connectivity index (χ1) is 21.7. The van der Waals surface area contributed by atoms with Gasteiger partial charge in [0.15, 0.2) is 23.9 Å². The van der Waals surface area contributed by atoms with Crippen LogP contribution in [0.3, 0.4) is 0 Å². The Bertz CT molecular complexity index is 1930. The average Bonchev–Trinajstić information content (AvgIpc) is 3.71. The molecule has 1 aromatic carbocycles. The summed E-state index contributed by atoms with van der Waals surface area (Å²) in [4.78, 5) is 37.7. The largest absolute Gasteiger partial charge is 0.472 e. The van der Waals surface area contributed by atoms with Crippen molar-refractivity contribution in [2.24, 2.45) is 0 Å². The molecular weight excluding hydrogens is 723 g/mol. The summed E-state index contributed by atoms with van der Waals surface area (Å²) in [6.07, 6.45) is -10.3. The lowest BCUT2D eigenvalue weighted by molar-refractivity contribution is -0.0674. The van der Waals surface area contributed by atoms with Crippen LogP contribution in [0.1, 0.15) is 12.5 Å². The molecule has 0 radical (unpaired) electrons. The Morgan fingerprint density at radius 1 is 0.870 bits per heavy atom. The van der Waals surface area contributed by atoms with Gasteiger partial charge in [-0.3, -0.25) is 27.2 Å². The van der Waals surface area contributed by atoms with Crippen molar-refractivity contribution in [1.29, 1.82) is 0 Å². The summed E-state index contributed by atoms with van der Waals surface area (Å²) in [5.41, 5.74) is 6.65. The minimum Gasteiger partial charge on any atom is -0.387 e. The number of aliphatic hydroxyl groups is 2. The summed E-state index contributed by atoms with van der Waals surface area (Å²) in [5.74, 6) is 0.0244. The second-order valence-electron chi connectivity index (χ2n) is 10.4. The van der Waals surface area contributed by atoms with Gasteiger partial charge < -0.3 is 35.2 Å². The first kappa shape index (κ1) is 32.5. The van der Waals surface area contributed by atoms with Crippen LogP contribution in [0.15, 0.2) is 24.8 Å². The number of nitrogen functional groups attached to an aromatic ring is 1. The van der Waals surface area contributed by atoms with Gasteiger partial charge in [0.05, 0.1) is 40.6 Å². The zero-order valence-electron chi connectivity index (χ0n) is 22.7. The number of aromatic nitrogens is 6. The van der Waals surface area contributed by atoms with Crippen LogP contribution in [-0.4, -0.2) is 98.9 Å². The SMILES string of the molecule is Nc1ncnc2c1ncn2C1OC2COP(=O)(O)OC3C(O)C(COP(=O)(O)OC1C2O)OC3n1c(Cl)nc2cc(Cl)c(Cl)cc21. The van der Waals surface area contributed by atoms with Crippen molar-refractivity contribution < 1.29 is 56.7 Å². The molecule has 10 atom stereocenters. The van der Waals surface area contributed by atoms with Crippen molar-refractivity contribution in [1.82, 2.24) is 29.1 Å². The molecular formula is C22H22Cl3N7O12P2. The molecule has 0 amide bonds. The van der Waals surface area contributed by atoms with E-state index in [-0.39, 0.29) is 43.3 Å². The molecule has 3 fully saturated rings. The zero-order chi connectivity index (χ0) is 32.7. The molecule has 3 aliphatic heterocycles. The van der Waals surface area contributed by atoms with Crippen LogP contribution in [0.25, 0.3) is 22.2 Å². The summed E-state index contributed by atoms with van der Waals surface area (Å²) in [6.45, 7) is -1.61. The van der Waals surface area contributed by atoms with Gasteiger partial charge in [-0.05, 0) is 23.7 Å². The molecule has 3 saturated heterocycles. The number of hydrogen-bond acceptors (Lipinski definition) is 15. The highest BCUT2D eigenvalue weighted by atomic mass is 35.5. The third-order valence-corrected chi connectivity index (χ3v) is 10.5. The van der Waals surface area contributed by atoms with Gasteiger partial charge >= 0.3 is 15.6 Å². The molecule has 4 aromatic rings. The third-order valence-electron chi connectivity index (χ3n) is 7.54. The molecule has 10 unspecified atom stereocenters. The van der Waals surface area contributed by atoms with E-state index >= 15 is 0 Å². The number of phosphoric ester groups is 2. The van der Waals surface area contributed by atoms with Gasteiger partial charge in [0.2, 0.25) is 5.28 Å². The van der Waals surface area contributed by atoms with E-state index < -0.39 is 77.9 Å². The summed E-state index contributed by atoms with van der Waals surface area (Å²) in [7, 11) is -10.2. The van der Waals surface area contributed by atoms with Crippen molar-refractivity contribution in [2.45, 2.75) is 49.1 Å². The monoisotopic (exact) mass is 743 g/mol. The van der Waals surface area contributed by atoms with E-state index in [4.69, 9.17) is 68.1 Å². The van der Waals surface area contributed by atoms with Crippen molar-refractivity contribution in [2.75, 3.05) is 18.9 Å². The fourth-order valence-corrected chi connectivity index (χ4v) is 7.89. The quantitative estimate of drug-likeness (QED) is 0.184. The van der Waals surface area contributed by atoms with Crippen LogP contribution >= 0.6 is 50.4 Å². The summed E-state index contributed by atoms with van der Waals surface area (Å²) < 4.78 is 61.8. The zero-order valence-corrected chi connectivity index (χ0v) is 26.7. The fraction of sp³-hybridized carbons (Fsp3) is 0.455. The Labute approximate surface area is 271 Å². The Morgan fingerprint density at radius 2 is 1.46 bits per heavy atom. The van der Waals surface area contributed by atoms with E-state index in [1.54, 1.807) is 0 Å². The van der Waals surface area contributed by atoms with Crippen LogP contribution in [-0.2, 0) is 36.7 Å². The number of halogens is 3. The van der Waals surface area contributed by atoms with Gasteiger partial charge in [-0.2, -0.15) is 0 Å². The van der Waals surface area contributed by atoms with Gasteiger partial charge in [0.1, 0.15) is 48.5 Å². The highest BCUT2D eigenvalue weighted by Crippen LogP contribution is 2.54. The van der Waals surface area contributed by atoms with Crippen LogP contribution in [0.5, 0.6) is 0 Å². The number of fused-ring (bicyclic) bond motifs is 6. The van der Waals surface area contributed by atoms with Crippen LogP contribution in [0.2, 0.25) is 15.3 Å². The van der Waals surface area contributed by atoms with Crippen molar-refractivity contribution in [3.63, 3.8) is 0 Å². The molecule has 0 aliphatic carbocycles. The lowest BCUT2D eigenvalue weighted by Crippen LogP contribution is -2.38. The number of benzene rings is 1. The maximum Gasteiger partial charge on any atom is 0.472 e. The van der Waals surface area contributed by atoms with E-state index in [1.165, 1.54) is 27.6 Å². The molecule has 248 valence electrons. The number of nitrogens with zero attached hydrogens (tertiary/aromatic N) is 6. The van der Waals surface area contributed by atoms with E-state index in [0.717, 1.165) is 6.33 Å². The topological polar surface area (TPSA) is 258 Å². The lowest BCUT2D eigenvalue weighted by atomic mass is 10.1. The maximum atomic E-state index is 13.2. The lowest BCUT2D eigenvalue weighted by Gasteiger charge is -2.26. The van der Waals surface area contributed by atoms with E-state index in [2.05, 4.69) is 19.9 Å². The maximum absolute atomic E-state index is 13.2. The number of phosphoric acid groups is 2. The normalized spacial score (nSPS) is 37.2. The summed E-state index contributed by atoms with van der Waals surface area (Å²) in [6, 6.07) is 2.82. The van der Waals surface area contributed by atoms with Gasteiger partial charge in [0.25, 0.3) is 0 Å². The number of imidazole rings is 2. The fourth-order valence-electron chi connectivity index (χ4n) is 5.43. The molecule has 24 heteroatoms. The smallest absolute Gasteiger partial charge is 0.387 e. The Hall–Kier alpha value is -2.03. The van der Waals surface area contributed by atoms with E-state index in [0.29, 0.717) is 0 Å². The van der Waals surface area contributed by atoms with Gasteiger partial charge in [-0.25, -0.2) is 29.1 Å². The number of hydrogen-bond donors (Lipinski definition) is 5. The molecule has 19 nitrogen and oxygen atoms in total. The van der Waals surface area contributed by atoms with Crippen molar-refractivity contribution in [3.05, 3.63) is 40.1 Å². The predicted molar refractivity (Wildman–Crippen MR) is 156 cm³/mol. The number of rotatable bonds is 2. The number of aliphatic hydroxyl groups excluding tert-OH is 2. The molecule has 46 heavy (non-hydrogen) atoms. The van der Waals surface area contributed by atoms with Gasteiger partial charge in [-0.15, -0.1) is 0 Å². The van der Waals surface area contributed by atoms with Crippen molar-refractivity contribution >= 4 is 78.5 Å². The molecule has 0 spiro atoms. The number of nitrogens with two attached hydrogens (primary N) is 1. The van der Waals surface area contributed by atoms with E-state index in [1.807, 2.05) is 0 Å². The van der Waals surface area contributed by atoms with Crippen LogP contribution in [0.4, 0.5) is 5.82 Å². The predicted octanol–water partition coefficient (Wildman–Crippen LogP) is 1.95. The van der Waals surface area contributed by atoms with Gasteiger partial charge in [-0.1, -0.05) is 23.2 Å². The number of ether oxygens (including phenoxy) is 2. The Kier molecular flexibility index (Phi) is 8.37. The summed E-state index contributed by atoms with van der Waals surface area (Å²) in [5, 5.41) is 22.3. The standard InChI is InChI=1S/C22H22Cl3N7O12P2/c23-7-1-9-10(2-8(7)24)32(22(25)30-9)21-17-15(34)12(42-21)4-40-45(35,36)43-16-14(33)11(3-39-46(37,38)44-17)41-20(16)31-6-29-13-18(26)27-5-28-19(13)31/h1-2,5-6,11-12,14-17,20-21,33-34H,3-4H2,(H,35,36)(H,37,38)(H2,26,27,28).